The van der Waals surface area contributed by atoms with Crippen LogP contribution in [0.3, 0.4) is 0 Å². The van der Waals surface area contributed by atoms with Gasteiger partial charge in [0.1, 0.15) is 6.10 Å². The van der Waals surface area contributed by atoms with E-state index in [1.54, 1.807) is 6.92 Å². The smallest absolute Gasteiger partial charge is 0.318 e. The fourth-order valence-corrected chi connectivity index (χ4v) is 1.80. The van der Waals surface area contributed by atoms with E-state index >= 15 is 0 Å². The van der Waals surface area contributed by atoms with Crippen molar-refractivity contribution in [3.05, 3.63) is 0 Å². The number of ether oxygens (including phenoxy) is 1. The molecule has 0 radical (unpaired) electrons. The highest BCUT2D eigenvalue weighted by Crippen LogP contribution is 2.20. The average molecular weight is 229 g/mol. The van der Waals surface area contributed by atoms with Crippen LogP contribution in [0.1, 0.15) is 32.6 Å². The topological polar surface area (TPSA) is 107 Å². The van der Waals surface area contributed by atoms with Gasteiger partial charge in [-0.15, -0.1) is 0 Å². The molecule has 5 N–H and O–H groups in total. The second-order valence-electron chi connectivity index (χ2n) is 4.17. The minimum absolute atomic E-state index is 0.0495. The van der Waals surface area contributed by atoms with Crippen LogP contribution in [-0.2, 0) is 9.53 Å². The Bertz CT molecular complexity index is 262. The minimum Gasteiger partial charge on any atom is -0.365 e. The van der Waals surface area contributed by atoms with Crippen molar-refractivity contribution in [1.82, 2.24) is 5.32 Å². The molecule has 0 heterocycles. The van der Waals surface area contributed by atoms with Gasteiger partial charge >= 0.3 is 6.03 Å². The van der Waals surface area contributed by atoms with Gasteiger partial charge in [0.15, 0.2) is 0 Å². The molecule has 1 aliphatic carbocycles. The third-order valence-electron chi connectivity index (χ3n) is 2.73. The number of urea groups is 1. The lowest BCUT2D eigenvalue weighted by molar-refractivity contribution is -0.135. The molecule has 1 aliphatic rings. The van der Waals surface area contributed by atoms with Crippen LogP contribution in [0.25, 0.3) is 0 Å². The molecule has 0 aromatic carbocycles. The predicted octanol–water partition coefficient (Wildman–Crippen LogP) is -0.144. The van der Waals surface area contributed by atoms with Crippen molar-refractivity contribution in [2.75, 3.05) is 0 Å². The van der Waals surface area contributed by atoms with Crippen molar-refractivity contribution in [1.29, 1.82) is 0 Å². The highest BCUT2D eigenvalue weighted by atomic mass is 16.5. The van der Waals surface area contributed by atoms with Gasteiger partial charge in [-0.3, -0.25) is 10.1 Å². The first-order valence-electron chi connectivity index (χ1n) is 5.50. The third kappa shape index (κ3) is 4.16. The summed E-state index contributed by atoms with van der Waals surface area (Å²) >= 11 is 0. The number of carbonyl (C=O) groups excluding carboxylic acids is 2. The molecular weight excluding hydrogens is 210 g/mol. The number of rotatable bonds is 3. The number of primary amides is 1. The zero-order chi connectivity index (χ0) is 12.1. The van der Waals surface area contributed by atoms with Crippen molar-refractivity contribution in [3.63, 3.8) is 0 Å². The summed E-state index contributed by atoms with van der Waals surface area (Å²) in [5.74, 6) is -0.498. The Labute approximate surface area is 94.7 Å². The maximum atomic E-state index is 11.3. The van der Waals surface area contributed by atoms with Gasteiger partial charge in [0.2, 0.25) is 0 Å². The Balaban J connectivity index is 2.30. The van der Waals surface area contributed by atoms with Gasteiger partial charge < -0.3 is 16.2 Å². The zero-order valence-corrected chi connectivity index (χ0v) is 9.44. The number of amides is 3. The van der Waals surface area contributed by atoms with Crippen LogP contribution in [0.2, 0.25) is 0 Å². The molecule has 1 rings (SSSR count). The standard InChI is InChI=1S/C10H19N3O3/c1-6(9(14)13-10(12)15)16-8-4-2-7(11)3-5-8/h6-8H,2-5,11H2,1H3,(H3,12,13,14,15). The second-order valence-corrected chi connectivity index (χ2v) is 4.17. The second kappa shape index (κ2) is 5.81. The van der Waals surface area contributed by atoms with Crippen molar-refractivity contribution in [2.45, 2.75) is 50.9 Å². The number of hydrogen-bond donors (Lipinski definition) is 3. The first-order chi connectivity index (χ1) is 7.49. The fraction of sp³-hybridized carbons (Fsp3) is 0.800. The van der Waals surface area contributed by atoms with Crippen LogP contribution >= 0.6 is 0 Å². The zero-order valence-electron chi connectivity index (χ0n) is 9.44. The molecule has 0 aromatic rings. The molecule has 0 aromatic heterocycles. The number of nitrogens with one attached hydrogen (secondary N) is 1. The Kier molecular flexibility index (Phi) is 4.70. The fourth-order valence-electron chi connectivity index (χ4n) is 1.80. The van der Waals surface area contributed by atoms with E-state index in [9.17, 15) is 9.59 Å². The van der Waals surface area contributed by atoms with E-state index in [1.165, 1.54) is 0 Å². The molecule has 16 heavy (non-hydrogen) atoms. The van der Waals surface area contributed by atoms with Gasteiger partial charge in [0, 0.05) is 6.04 Å². The number of carbonyl (C=O) groups is 2. The van der Waals surface area contributed by atoms with E-state index in [0.717, 1.165) is 25.7 Å². The highest BCUT2D eigenvalue weighted by molar-refractivity contribution is 5.95. The largest absolute Gasteiger partial charge is 0.365 e. The summed E-state index contributed by atoms with van der Waals surface area (Å²) in [4.78, 5) is 21.8. The Hall–Kier alpha value is -1.14. The molecule has 92 valence electrons. The number of imide groups is 1. The minimum atomic E-state index is -0.855. The van der Waals surface area contributed by atoms with E-state index in [2.05, 4.69) is 0 Å². The summed E-state index contributed by atoms with van der Waals surface area (Å²) in [5.41, 5.74) is 10.6. The molecule has 1 atom stereocenters. The first-order valence-corrected chi connectivity index (χ1v) is 5.50. The van der Waals surface area contributed by atoms with Crippen LogP contribution < -0.4 is 16.8 Å². The summed E-state index contributed by atoms with van der Waals surface area (Å²) in [7, 11) is 0. The molecule has 0 bridgehead atoms. The predicted molar refractivity (Wildman–Crippen MR) is 58.5 cm³/mol. The Morgan fingerprint density at radius 1 is 1.31 bits per heavy atom. The molecule has 0 spiro atoms. The molecule has 0 aliphatic heterocycles. The summed E-state index contributed by atoms with van der Waals surface area (Å²) in [5, 5.41) is 1.99. The summed E-state index contributed by atoms with van der Waals surface area (Å²) in [6, 6.07) is -0.610. The Morgan fingerprint density at radius 2 is 1.88 bits per heavy atom. The van der Waals surface area contributed by atoms with Gasteiger partial charge in [-0.25, -0.2) is 4.79 Å². The van der Waals surface area contributed by atoms with Crippen molar-refractivity contribution in [3.8, 4) is 0 Å². The normalized spacial score (nSPS) is 27.1. The van der Waals surface area contributed by atoms with Crippen LogP contribution in [-0.4, -0.2) is 30.2 Å². The van der Waals surface area contributed by atoms with Gasteiger partial charge in [-0.1, -0.05) is 0 Å². The lowest BCUT2D eigenvalue weighted by Crippen LogP contribution is -2.43. The quantitative estimate of drug-likeness (QED) is 0.625. The molecule has 6 nitrogen and oxygen atoms in total. The van der Waals surface area contributed by atoms with Crippen molar-refractivity contribution >= 4 is 11.9 Å². The summed E-state index contributed by atoms with van der Waals surface area (Å²) < 4.78 is 5.53. The summed E-state index contributed by atoms with van der Waals surface area (Å²) in [6.07, 6.45) is 2.93. The van der Waals surface area contributed by atoms with E-state index in [1.807, 2.05) is 5.32 Å². The monoisotopic (exact) mass is 229 g/mol. The van der Waals surface area contributed by atoms with E-state index in [0.29, 0.717) is 0 Å². The molecule has 1 fully saturated rings. The van der Waals surface area contributed by atoms with E-state index in [-0.39, 0.29) is 12.1 Å². The molecular formula is C10H19N3O3. The average Bonchev–Trinajstić information content (AvgIpc) is 2.20. The van der Waals surface area contributed by atoms with Crippen molar-refractivity contribution < 1.29 is 14.3 Å². The lowest BCUT2D eigenvalue weighted by atomic mass is 9.93. The van der Waals surface area contributed by atoms with E-state index in [4.69, 9.17) is 16.2 Å². The Morgan fingerprint density at radius 3 is 2.38 bits per heavy atom. The molecule has 3 amide bonds. The van der Waals surface area contributed by atoms with Crippen LogP contribution in [0.15, 0.2) is 0 Å². The van der Waals surface area contributed by atoms with Gasteiger partial charge in [-0.05, 0) is 32.6 Å². The van der Waals surface area contributed by atoms with Crippen molar-refractivity contribution in [2.24, 2.45) is 11.5 Å². The maximum absolute atomic E-state index is 11.3. The highest BCUT2D eigenvalue weighted by Gasteiger charge is 2.24. The third-order valence-corrected chi connectivity index (χ3v) is 2.73. The van der Waals surface area contributed by atoms with Gasteiger partial charge in [0.05, 0.1) is 6.10 Å². The molecule has 1 unspecified atom stereocenters. The van der Waals surface area contributed by atoms with Gasteiger partial charge in [0.25, 0.3) is 5.91 Å². The van der Waals surface area contributed by atoms with Crippen LogP contribution in [0, 0.1) is 0 Å². The van der Waals surface area contributed by atoms with Crippen LogP contribution in [0.5, 0.6) is 0 Å². The SMILES string of the molecule is CC(OC1CCC(N)CC1)C(=O)NC(N)=O. The summed E-state index contributed by atoms with van der Waals surface area (Å²) in [6.45, 7) is 1.60. The number of hydrogen-bond acceptors (Lipinski definition) is 4. The van der Waals surface area contributed by atoms with Gasteiger partial charge in [-0.2, -0.15) is 0 Å². The number of nitrogens with two attached hydrogens (primary N) is 2. The molecule has 0 saturated heterocycles. The molecule has 6 heteroatoms. The lowest BCUT2D eigenvalue weighted by Gasteiger charge is -2.28. The molecule has 1 saturated carbocycles. The van der Waals surface area contributed by atoms with Crippen LogP contribution in [0.4, 0.5) is 4.79 Å². The maximum Gasteiger partial charge on any atom is 0.318 e. The van der Waals surface area contributed by atoms with E-state index < -0.39 is 18.0 Å². The first kappa shape index (κ1) is 12.9.